The predicted molar refractivity (Wildman–Crippen MR) is 122 cm³/mol. The van der Waals surface area contributed by atoms with Crippen molar-refractivity contribution in [1.29, 1.82) is 0 Å². The SMILES string of the molecule is COc1cc(C/C=C/c2cc(OC)c(OCC(O)CO)c(OC)c2)ccc1OCC(O)CO. The predicted octanol–water partition coefficient (Wildman–Crippen LogP) is 1.43. The third kappa shape index (κ3) is 7.83. The van der Waals surface area contributed by atoms with Crippen molar-refractivity contribution >= 4 is 6.08 Å². The zero-order valence-corrected chi connectivity index (χ0v) is 19.1. The van der Waals surface area contributed by atoms with Gasteiger partial charge in [-0.1, -0.05) is 18.2 Å². The summed E-state index contributed by atoms with van der Waals surface area (Å²) in [6.07, 6.45) is 2.53. The van der Waals surface area contributed by atoms with Crippen molar-refractivity contribution in [3.8, 4) is 28.7 Å². The summed E-state index contributed by atoms with van der Waals surface area (Å²) in [7, 11) is 4.55. The highest BCUT2D eigenvalue weighted by Crippen LogP contribution is 2.39. The van der Waals surface area contributed by atoms with Gasteiger partial charge in [0.1, 0.15) is 25.4 Å². The average molecular weight is 465 g/mol. The normalized spacial score (nSPS) is 12.9. The molecule has 0 radical (unpaired) electrons. The van der Waals surface area contributed by atoms with Crippen molar-refractivity contribution in [2.24, 2.45) is 0 Å². The van der Waals surface area contributed by atoms with E-state index in [9.17, 15) is 10.2 Å². The largest absolute Gasteiger partial charge is 0.493 e. The maximum atomic E-state index is 9.54. The van der Waals surface area contributed by atoms with Gasteiger partial charge >= 0.3 is 0 Å². The van der Waals surface area contributed by atoms with Crippen LogP contribution in [-0.2, 0) is 6.42 Å². The second kappa shape index (κ2) is 13.5. The lowest BCUT2D eigenvalue weighted by Crippen LogP contribution is -2.21. The summed E-state index contributed by atoms with van der Waals surface area (Å²) in [4.78, 5) is 0. The number of benzene rings is 2. The Labute approximate surface area is 193 Å². The molecule has 0 aromatic heterocycles. The molecule has 0 aliphatic carbocycles. The van der Waals surface area contributed by atoms with Gasteiger partial charge in [0.05, 0.1) is 34.5 Å². The van der Waals surface area contributed by atoms with E-state index in [1.807, 2.05) is 24.3 Å². The monoisotopic (exact) mass is 464 g/mol. The van der Waals surface area contributed by atoms with E-state index in [0.717, 1.165) is 11.1 Å². The molecule has 2 aromatic carbocycles. The molecule has 0 aliphatic rings. The maximum absolute atomic E-state index is 9.54. The van der Waals surface area contributed by atoms with E-state index < -0.39 is 18.8 Å². The van der Waals surface area contributed by atoms with Crippen LogP contribution < -0.4 is 23.7 Å². The molecule has 182 valence electrons. The second-order valence-corrected chi connectivity index (χ2v) is 7.14. The summed E-state index contributed by atoms with van der Waals surface area (Å²) >= 11 is 0. The first-order valence-corrected chi connectivity index (χ1v) is 10.4. The number of hydrogen-bond acceptors (Lipinski definition) is 9. The number of aliphatic hydroxyl groups excluding tert-OH is 4. The van der Waals surface area contributed by atoms with Crippen molar-refractivity contribution < 1.29 is 44.1 Å². The standard InChI is InChI=1S/C24H32O9/c1-29-21-9-16(7-8-20(21)32-14-18(27)12-25)5-4-6-17-10-22(30-2)24(23(11-17)31-3)33-15-19(28)13-26/h4,6-11,18-19,25-28H,5,12-15H2,1-3H3/b6-4+. The van der Waals surface area contributed by atoms with Gasteiger partial charge < -0.3 is 44.1 Å². The fourth-order valence-electron chi connectivity index (χ4n) is 2.90. The molecule has 0 spiro atoms. The van der Waals surface area contributed by atoms with Crippen LogP contribution in [0.2, 0.25) is 0 Å². The summed E-state index contributed by atoms with van der Waals surface area (Å²) in [5, 5.41) is 36.9. The molecule has 0 aliphatic heterocycles. The van der Waals surface area contributed by atoms with Crippen LogP contribution in [0.4, 0.5) is 0 Å². The zero-order chi connectivity index (χ0) is 24.2. The molecule has 2 atom stereocenters. The molecule has 33 heavy (non-hydrogen) atoms. The van der Waals surface area contributed by atoms with Gasteiger partial charge in [-0.3, -0.25) is 0 Å². The molecule has 0 saturated carbocycles. The Morgan fingerprint density at radius 1 is 0.758 bits per heavy atom. The minimum absolute atomic E-state index is 0.0333. The van der Waals surface area contributed by atoms with Crippen LogP contribution in [-0.4, -0.2) is 80.4 Å². The Hall–Kier alpha value is -2.98. The summed E-state index contributed by atoms with van der Waals surface area (Å²) in [5.74, 6) is 2.23. The van der Waals surface area contributed by atoms with Gasteiger partial charge in [-0.05, 0) is 41.8 Å². The Bertz CT molecular complexity index is 872. The first kappa shape index (κ1) is 26.3. The zero-order valence-electron chi connectivity index (χ0n) is 19.1. The molecule has 0 saturated heterocycles. The van der Waals surface area contributed by atoms with E-state index in [4.69, 9.17) is 33.9 Å². The fraction of sp³-hybridized carbons (Fsp3) is 0.417. The summed E-state index contributed by atoms with van der Waals surface area (Å²) < 4.78 is 27.2. The van der Waals surface area contributed by atoms with Crippen molar-refractivity contribution in [1.82, 2.24) is 0 Å². The van der Waals surface area contributed by atoms with Crippen LogP contribution in [0.5, 0.6) is 28.7 Å². The first-order valence-electron chi connectivity index (χ1n) is 10.4. The molecule has 0 fully saturated rings. The molecular formula is C24H32O9. The minimum atomic E-state index is -1.01. The lowest BCUT2D eigenvalue weighted by Gasteiger charge is -2.16. The topological polar surface area (TPSA) is 127 Å². The second-order valence-electron chi connectivity index (χ2n) is 7.14. The Morgan fingerprint density at radius 2 is 1.33 bits per heavy atom. The molecule has 4 N–H and O–H groups in total. The molecular weight excluding hydrogens is 432 g/mol. The molecule has 2 rings (SSSR count). The highest BCUT2D eigenvalue weighted by Gasteiger charge is 2.15. The van der Waals surface area contributed by atoms with Gasteiger partial charge in [0.15, 0.2) is 23.0 Å². The molecule has 0 amide bonds. The average Bonchev–Trinajstić information content (AvgIpc) is 2.85. The lowest BCUT2D eigenvalue weighted by atomic mass is 10.1. The van der Waals surface area contributed by atoms with Crippen molar-refractivity contribution in [2.45, 2.75) is 18.6 Å². The van der Waals surface area contributed by atoms with Crippen LogP contribution in [0.15, 0.2) is 36.4 Å². The maximum Gasteiger partial charge on any atom is 0.203 e. The van der Waals surface area contributed by atoms with Crippen molar-refractivity contribution in [2.75, 3.05) is 47.8 Å². The molecule has 9 nitrogen and oxygen atoms in total. The third-order valence-corrected chi connectivity index (χ3v) is 4.65. The van der Waals surface area contributed by atoms with E-state index in [1.54, 1.807) is 18.2 Å². The highest BCUT2D eigenvalue weighted by molar-refractivity contribution is 5.62. The summed E-state index contributed by atoms with van der Waals surface area (Å²) in [6.45, 7) is -0.917. The number of rotatable bonds is 14. The third-order valence-electron chi connectivity index (χ3n) is 4.65. The number of hydrogen-bond donors (Lipinski definition) is 4. The molecule has 0 bridgehead atoms. The molecule has 2 aromatic rings. The number of allylic oxidation sites excluding steroid dienone is 1. The summed E-state index contributed by atoms with van der Waals surface area (Å²) in [5.41, 5.74) is 1.80. The van der Waals surface area contributed by atoms with Crippen LogP contribution >= 0.6 is 0 Å². The van der Waals surface area contributed by atoms with Gasteiger partial charge in [0.25, 0.3) is 0 Å². The Balaban J connectivity index is 2.12. The first-order chi connectivity index (χ1) is 15.9. The van der Waals surface area contributed by atoms with E-state index in [0.29, 0.717) is 35.2 Å². The van der Waals surface area contributed by atoms with Crippen LogP contribution in [0.3, 0.4) is 0 Å². The van der Waals surface area contributed by atoms with Crippen LogP contribution in [0.1, 0.15) is 11.1 Å². The van der Waals surface area contributed by atoms with Crippen LogP contribution in [0, 0.1) is 0 Å². The lowest BCUT2D eigenvalue weighted by molar-refractivity contribution is 0.0518. The smallest absolute Gasteiger partial charge is 0.203 e. The van der Waals surface area contributed by atoms with E-state index in [2.05, 4.69) is 0 Å². The Kier molecular flexibility index (Phi) is 10.8. The van der Waals surface area contributed by atoms with Gasteiger partial charge in [-0.2, -0.15) is 0 Å². The number of aliphatic hydroxyl groups is 4. The minimum Gasteiger partial charge on any atom is -0.493 e. The Morgan fingerprint density at radius 3 is 1.88 bits per heavy atom. The van der Waals surface area contributed by atoms with Gasteiger partial charge in [0.2, 0.25) is 5.75 Å². The highest BCUT2D eigenvalue weighted by atomic mass is 16.5. The quantitative estimate of drug-likeness (QED) is 0.328. The van der Waals surface area contributed by atoms with E-state index in [1.165, 1.54) is 21.3 Å². The van der Waals surface area contributed by atoms with Gasteiger partial charge in [-0.15, -0.1) is 0 Å². The molecule has 9 heteroatoms. The van der Waals surface area contributed by atoms with E-state index >= 15 is 0 Å². The number of ether oxygens (including phenoxy) is 5. The number of methoxy groups -OCH3 is 3. The van der Waals surface area contributed by atoms with Crippen LogP contribution in [0.25, 0.3) is 6.08 Å². The molecule has 0 heterocycles. The van der Waals surface area contributed by atoms with Gasteiger partial charge in [0, 0.05) is 0 Å². The van der Waals surface area contributed by atoms with Gasteiger partial charge in [-0.25, -0.2) is 0 Å². The van der Waals surface area contributed by atoms with Crippen molar-refractivity contribution in [3.63, 3.8) is 0 Å². The fourth-order valence-corrected chi connectivity index (χ4v) is 2.90. The molecule has 2 unspecified atom stereocenters. The van der Waals surface area contributed by atoms with E-state index in [-0.39, 0.29) is 19.8 Å². The summed E-state index contributed by atoms with van der Waals surface area (Å²) in [6, 6.07) is 9.05. The van der Waals surface area contributed by atoms with Crippen molar-refractivity contribution in [3.05, 3.63) is 47.5 Å².